The summed E-state index contributed by atoms with van der Waals surface area (Å²) in [5, 5.41) is 33.5. The Kier molecular flexibility index (Phi) is 24.3. The van der Waals surface area contributed by atoms with Crippen LogP contribution in [0.4, 0.5) is 5.69 Å². The highest BCUT2D eigenvalue weighted by atomic mass is 79.9. The van der Waals surface area contributed by atoms with E-state index in [0.29, 0.717) is 12.8 Å². The van der Waals surface area contributed by atoms with Gasteiger partial charge >= 0.3 is 0 Å². The molecule has 0 fully saturated rings. The molecule has 0 aliphatic carbocycles. The number of nitrogens with zero attached hydrogens (tertiary/aromatic N) is 2. The zero-order chi connectivity index (χ0) is 33.4. The van der Waals surface area contributed by atoms with Gasteiger partial charge in [-0.15, -0.1) is 0 Å². The lowest BCUT2D eigenvalue weighted by atomic mass is 9.99. The lowest BCUT2D eigenvalue weighted by molar-refractivity contribution is -0.697. The van der Waals surface area contributed by atoms with Crippen LogP contribution in [-0.2, 0) is 11.3 Å². The highest BCUT2D eigenvalue weighted by Crippen LogP contribution is 2.16. The van der Waals surface area contributed by atoms with E-state index in [0.717, 1.165) is 56.2 Å². The Bertz CT molecular complexity index is 1080. The quantitative estimate of drug-likeness (QED) is 0.0870. The van der Waals surface area contributed by atoms with Gasteiger partial charge in [0.15, 0.2) is 12.4 Å². The van der Waals surface area contributed by atoms with Crippen molar-refractivity contribution >= 4 is 23.7 Å². The van der Waals surface area contributed by atoms with E-state index in [4.69, 9.17) is 0 Å². The number of amides is 1. The number of anilines is 1. The fourth-order valence-corrected chi connectivity index (χ4v) is 5.71. The number of unbranched alkanes of at least 4 members (excludes halogenated alkanes) is 13. The van der Waals surface area contributed by atoms with Crippen LogP contribution in [0.1, 0.15) is 127 Å². The minimum absolute atomic E-state index is 0. The molecule has 0 saturated heterocycles. The molecule has 4 N–H and O–H groups in total. The molecule has 0 saturated carbocycles. The molecule has 1 aromatic heterocycles. The molecule has 8 heteroatoms. The van der Waals surface area contributed by atoms with Crippen LogP contribution in [-0.4, -0.2) is 60.2 Å². The molecule has 0 radical (unpaired) electrons. The van der Waals surface area contributed by atoms with Gasteiger partial charge < -0.3 is 42.5 Å². The normalized spacial score (nSPS) is 13.2. The second-order valence-corrected chi connectivity index (χ2v) is 13.1. The minimum Gasteiger partial charge on any atom is -1.00 e. The first-order valence-corrected chi connectivity index (χ1v) is 18.0. The summed E-state index contributed by atoms with van der Waals surface area (Å²) in [6.07, 6.45) is 24.6. The van der Waals surface area contributed by atoms with Gasteiger partial charge in [0.2, 0.25) is 5.91 Å². The van der Waals surface area contributed by atoms with Crippen molar-refractivity contribution in [3.8, 4) is 0 Å². The van der Waals surface area contributed by atoms with Gasteiger partial charge in [-0.1, -0.05) is 108 Å². The van der Waals surface area contributed by atoms with Gasteiger partial charge in [0.05, 0.1) is 18.8 Å². The molecule has 47 heavy (non-hydrogen) atoms. The number of pyridine rings is 1. The third-order valence-electron chi connectivity index (χ3n) is 8.82. The van der Waals surface area contributed by atoms with Crippen molar-refractivity contribution < 1.29 is 41.7 Å². The Morgan fingerprint density at radius 2 is 1.28 bits per heavy atom. The van der Waals surface area contributed by atoms with Gasteiger partial charge in [-0.25, -0.2) is 4.57 Å². The van der Waals surface area contributed by atoms with Crippen LogP contribution in [0.15, 0.2) is 48.8 Å². The molecule has 1 amide bonds. The zero-order valence-electron chi connectivity index (χ0n) is 29.5. The highest BCUT2D eigenvalue weighted by molar-refractivity contribution is 5.76. The lowest BCUT2D eigenvalue weighted by Gasteiger charge is -2.26. The lowest BCUT2D eigenvalue weighted by Crippen LogP contribution is -3.00. The molecule has 0 aliphatic rings. The number of carbonyl (C=O) groups excluding carboxylic acids is 1. The third kappa shape index (κ3) is 19.4. The number of aliphatic hydroxyl groups excluding tert-OH is 3. The minimum atomic E-state index is -1.17. The van der Waals surface area contributed by atoms with Gasteiger partial charge in [-0.3, -0.25) is 4.79 Å². The second kappa shape index (κ2) is 26.7. The summed E-state index contributed by atoms with van der Waals surface area (Å²) in [6.45, 7) is 2.73. The monoisotopic (exact) mass is 717 g/mol. The SMILES string of the molecule is CCCCCCCCCCCCCC[C@@H](O)[C@H](O)[C@H](CO)NC(=O)CCCCC[n+]1ccc(/C=C/c2ccc(N(C)C)cc2)cc1.[Br-]. The molecular weight excluding hydrogens is 654 g/mol. The molecule has 1 aromatic carbocycles. The fraction of sp³-hybridized carbons (Fsp3) is 0.641. The maximum Gasteiger partial charge on any atom is 0.220 e. The zero-order valence-corrected chi connectivity index (χ0v) is 31.0. The Hall–Kier alpha value is -2.26. The third-order valence-corrected chi connectivity index (χ3v) is 8.82. The number of rotatable bonds is 26. The van der Waals surface area contributed by atoms with Crippen LogP contribution in [0.3, 0.4) is 0 Å². The van der Waals surface area contributed by atoms with E-state index < -0.39 is 24.9 Å². The number of benzene rings is 1. The van der Waals surface area contributed by atoms with E-state index in [1.54, 1.807) is 0 Å². The summed E-state index contributed by atoms with van der Waals surface area (Å²) >= 11 is 0. The molecule has 7 nitrogen and oxygen atoms in total. The first-order chi connectivity index (χ1) is 22.3. The van der Waals surface area contributed by atoms with E-state index in [1.807, 2.05) is 14.1 Å². The Morgan fingerprint density at radius 3 is 1.81 bits per heavy atom. The van der Waals surface area contributed by atoms with Crippen LogP contribution in [0.5, 0.6) is 0 Å². The molecule has 0 aliphatic heterocycles. The predicted octanol–water partition coefficient (Wildman–Crippen LogP) is 4.07. The van der Waals surface area contributed by atoms with Crippen LogP contribution >= 0.6 is 0 Å². The molecule has 3 atom stereocenters. The average molecular weight is 719 g/mol. The summed E-state index contributed by atoms with van der Waals surface area (Å²) in [4.78, 5) is 14.6. The molecule has 0 unspecified atom stereocenters. The first kappa shape index (κ1) is 42.8. The molecule has 1 heterocycles. The van der Waals surface area contributed by atoms with Gasteiger partial charge in [0.25, 0.3) is 0 Å². The Labute approximate surface area is 296 Å². The maximum atomic E-state index is 12.5. The van der Waals surface area contributed by atoms with Crippen molar-refractivity contribution in [1.82, 2.24) is 5.32 Å². The van der Waals surface area contributed by atoms with Crippen molar-refractivity contribution in [1.29, 1.82) is 0 Å². The van der Waals surface area contributed by atoms with Gasteiger partial charge in [0, 0.05) is 44.8 Å². The second-order valence-electron chi connectivity index (χ2n) is 13.1. The molecular formula is C39H64BrN3O4. The number of nitrogens with one attached hydrogen (secondary N) is 1. The van der Waals surface area contributed by atoms with Gasteiger partial charge in [-0.2, -0.15) is 0 Å². The van der Waals surface area contributed by atoms with E-state index in [-0.39, 0.29) is 22.9 Å². The van der Waals surface area contributed by atoms with E-state index >= 15 is 0 Å². The van der Waals surface area contributed by atoms with Crippen LogP contribution in [0, 0.1) is 0 Å². The molecule has 0 bridgehead atoms. The van der Waals surface area contributed by atoms with Crippen LogP contribution < -0.4 is 31.8 Å². The summed E-state index contributed by atoms with van der Waals surface area (Å²) in [5.74, 6) is -0.198. The predicted molar refractivity (Wildman–Crippen MR) is 192 cm³/mol. The number of halogens is 1. The van der Waals surface area contributed by atoms with Crippen molar-refractivity contribution in [3.63, 3.8) is 0 Å². The summed E-state index contributed by atoms with van der Waals surface area (Å²) in [5.41, 5.74) is 3.49. The maximum absolute atomic E-state index is 12.5. The number of aliphatic hydroxyl groups is 3. The number of aryl methyl sites for hydroxylation is 1. The average Bonchev–Trinajstić information content (AvgIpc) is 3.06. The summed E-state index contributed by atoms with van der Waals surface area (Å²) < 4.78 is 2.15. The van der Waals surface area contributed by atoms with E-state index in [9.17, 15) is 20.1 Å². The van der Waals surface area contributed by atoms with Crippen LogP contribution in [0.25, 0.3) is 12.2 Å². The van der Waals surface area contributed by atoms with E-state index in [1.165, 1.54) is 63.5 Å². The summed E-state index contributed by atoms with van der Waals surface area (Å²) in [7, 11) is 4.07. The number of hydrogen-bond acceptors (Lipinski definition) is 5. The van der Waals surface area contributed by atoms with Crippen molar-refractivity contribution in [2.24, 2.45) is 0 Å². The van der Waals surface area contributed by atoms with Crippen molar-refractivity contribution in [2.75, 3.05) is 25.6 Å². The molecule has 2 aromatic rings. The fourth-order valence-electron chi connectivity index (χ4n) is 5.71. The van der Waals surface area contributed by atoms with Gasteiger partial charge in [0.1, 0.15) is 12.6 Å². The smallest absolute Gasteiger partial charge is 0.220 e. The molecule has 0 spiro atoms. The number of carbonyl (C=O) groups is 1. The Morgan fingerprint density at radius 1 is 0.766 bits per heavy atom. The summed E-state index contributed by atoms with van der Waals surface area (Å²) in [6, 6.07) is 11.8. The van der Waals surface area contributed by atoms with Crippen LogP contribution in [0.2, 0.25) is 0 Å². The molecule has 266 valence electrons. The van der Waals surface area contributed by atoms with E-state index in [2.05, 4.69) is 82.7 Å². The van der Waals surface area contributed by atoms with Crippen molar-refractivity contribution in [2.45, 2.75) is 141 Å². The highest BCUT2D eigenvalue weighted by Gasteiger charge is 2.26. The van der Waals surface area contributed by atoms with Gasteiger partial charge in [-0.05, 0) is 42.5 Å². The largest absolute Gasteiger partial charge is 1.00 e. The standard InChI is InChI=1S/C39H63N3O4.BrH/c1-4-5-6-7-8-9-10-11-12-13-14-16-19-37(44)39(46)36(32-43)40-38(45)20-17-15-18-29-42-30-27-34(28-31-42)22-21-33-23-25-35(26-24-33)41(2)3;/h21-28,30-31,36-37,39,43-44,46H,4-20,29,32H2,1-3H3;1H/t36-,37+,39+;/m0./s1. The molecule has 2 rings (SSSR count). The van der Waals surface area contributed by atoms with Crippen molar-refractivity contribution in [3.05, 3.63) is 59.9 Å². The number of hydrogen-bond donors (Lipinski definition) is 4. The Balaban J connectivity index is 0.0000110. The number of aromatic nitrogens is 1. The first-order valence-electron chi connectivity index (χ1n) is 18.0. The topological polar surface area (TPSA) is 96.9 Å².